The molecule has 0 aliphatic heterocycles. The van der Waals surface area contributed by atoms with E-state index in [2.05, 4.69) is 19.2 Å². The molecule has 6 nitrogen and oxygen atoms in total. The summed E-state index contributed by atoms with van der Waals surface area (Å²) in [4.78, 5) is 24.7. The van der Waals surface area contributed by atoms with Crippen molar-refractivity contribution in [1.82, 2.24) is 5.32 Å². The molecule has 2 unspecified atom stereocenters. The summed E-state index contributed by atoms with van der Waals surface area (Å²) in [5, 5.41) is 23.4. The second kappa shape index (κ2) is 65.4. The summed E-state index contributed by atoms with van der Waals surface area (Å²) in [6.45, 7) is 5.00. The van der Waals surface area contributed by atoms with Gasteiger partial charge in [-0.2, -0.15) is 0 Å². The van der Waals surface area contributed by atoms with Crippen LogP contribution in [-0.4, -0.2) is 47.4 Å². The van der Waals surface area contributed by atoms with Gasteiger partial charge in [0.25, 0.3) is 0 Å². The molecule has 0 radical (unpaired) electrons. The number of hydrogen-bond donors (Lipinski definition) is 3. The Labute approximate surface area is 470 Å². The minimum Gasteiger partial charge on any atom is -0.466 e. The minimum absolute atomic E-state index is 0.0120. The van der Waals surface area contributed by atoms with Crippen molar-refractivity contribution in [2.75, 3.05) is 13.2 Å². The largest absolute Gasteiger partial charge is 0.466 e. The zero-order valence-electron chi connectivity index (χ0n) is 51.3. The minimum atomic E-state index is -0.668. The van der Waals surface area contributed by atoms with Gasteiger partial charge in [-0.25, -0.2) is 0 Å². The first kappa shape index (κ1) is 73.9. The van der Waals surface area contributed by atoms with E-state index >= 15 is 0 Å². The third-order valence-corrected chi connectivity index (χ3v) is 16.7. The van der Waals surface area contributed by atoms with E-state index in [1.807, 2.05) is 0 Å². The first-order valence-electron chi connectivity index (χ1n) is 34.8. The second-order valence-corrected chi connectivity index (χ2v) is 24.2. The van der Waals surface area contributed by atoms with E-state index in [1.54, 1.807) is 0 Å². The van der Waals surface area contributed by atoms with Gasteiger partial charge in [0.05, 0.1) is 25.4 Å². The molecule has 0 saturated carbocycles. The Hall–Kier alpha value is -1.14. The third-order valence-electron chi connectivity index (χ3n) is 16.7. The topological polar surface area (TPSA) is 95.9 Å². The van der Waals surface area contributed by atoms with E-state index in [0.717, 1.165) is 38.5 Å². The Morgan fingerprint density at radius 1 is 0.320 bits per heavy atom. The maximum atomic E-state index is 12.5. The average Bonchev–Trinajstić information content (AvgIpc) is 3.41. The Kier molecular flexibility index (Phi) is 64.4. The molecular weight excluding hydrogens is 923 g/mol. The summed E-state index contributed by atoms with van der Waals surface area (Å²) >= 11 is 0. The fourth-order valence-electron chi connectivity index (χ4n) is 11.4. The second-order valence-electron chi connectivity index (χ2n) is 24.2. The molecular formula is C69H137NO5. The highest BCUT2D eigenvalue weighted by molar-refractivity contribution is 5.76. The normalized spacial score (nSPS) is 12.4. The van der Waals surface area contributed by atoms with Gasteiger partial charge < -0.3 is 20.3 Å². The molecule has 0 saturated heterocycles. The van der Waals surface area contributed by atoms with Crippen LogP contribution >= 0.6 is 0 Å². The maximum absolute atomic E-state index is 12.5. The van der Waals surface area contributed by atoms with Gasteiger partial charge in [-0.3, -0.25) is 9.59 Å². The Bertz CT molecular complexity index is 1080. The third kappa shape index (κ3) is 61.9. The first-order chi connectivity index (χ1) is 37.0. The molecule has 448 valence electrons. The fourth-order valence-corrected chi connectivity index (χ4v) is 11.4. The van der Waals surface area contributed by atoms with Gasteiger partial charge in [0, 0.05) is 12.8 Å². The molecule has 0 aliphatic rings. The highest BCUT2D eigenvalue weighted by Crippen LogP contribution is 2.19. The summed E-state index contributed by atoms with van der Waals surface area (Å²) < 4.78 is 5.51. The lowest BCUT2D eigenvalue weighted by Crippen LogP contribution is -2.45. The fraction of sp³-hybridized carbons (Fsp3) is 0.971. The van der Waals surface area contributed by atoms with E-state index < -0.39 is 12.1 Å². The average molecular weight is 1060 g/mol. The molecule has 0 spiro atoms. The highest BCUT2D eigenvalue weighted by atomic mass is 16.5. The standard InChI is InChI=1S/C69H137NO5/c1-3-5-7-9-11-13-15-17-19-21-23-24-25-27-29-33-37-41-45-49-53-57-61-67(72)66(65-71)70-68(73)62-58-54-50-46-42-38-34-30-28-32-36-40-44-48-52-56-60-64-75-69(74)63-59-55-51-47-43-39-35-31-26-22-20-18-16-14-12-10-8-6-4-2/h66-67,71-72H,3-65H2,1-2H3,(H,70,73). The predicted molar refractivity (Wildman–Crippen MR) is 329 cm³/mol. The maximum Gasteiger partial charge on any atom is 0.305 e. The van der Waals surface area contributed by atoms with E-state index in [1.165, 1.54) is 334 Å². The van der Waals surface area contributed by atoms with E-state index in [0.29, 0.717) is 25.9 Å². The molecule has 0 bridgehead atoms. The van der Waals surface area contributed by atoms with Crippen molar-refractivity contribution in [2.24, 2.45) is 0 Å². The van der Waals surface area contributed by atoms with E-state index in [-0.39, 0.29) is 18.5 Å². The van der Waals surface area contributed by atoms with Crippen molar-refractivity contribution in [3.8, 4) is 0 Å². The number of aliphatic hydroxyl groups is 2. The quantitative estimate of drug-likeness (QED) is 0.0417. The smallest absolute Gasteiger partial charge is 0.305 e. The monoisotopic (exact) mass is 1060 g/mol. The number of hydrogen-bond acceptors (Lipinski definition) is 5. The summed E-state index contributed by atoms with van der Waals surface area (Å²) in [6, 6.07) is -0.546. The Balaban J connectivity index is 3.38. The number of amides is 1. The number of unbranched alkanes of at least 4 members (excludes halogenated alkanes) is 55. The van der Waals surface area contributed by atoms with Crippen LogP contribution in [0.1, 0.15) is 406 Å². The number of ether oxygens (including phenoxy) is 1. The van der Waals surface area contributed by atoms with Crippen molar-refractivity contribution >= 4 is 11.9 Å². The first-order valence-corrected chi connectivity index (χ1v) is 34.8. The summed E-state index contributed by atoms with van der Waals surface area (Å²) in [7, 11) is 0. The van der Waals surface area contributed by atoms with Crippen molar-refractivity contribution in [1.29, 1.82) is 0 Å². The van der Waals surface area contributed by atoms with E-state index in [4.69, 9.17) is 4.74 Å². The van der Waals surface area contributed by atoms with Gasteiger partial charge in [0.1, 0.15) is 0 Å². The number of carbonyl (C=O) groups is 2. The lowest BCUT2D eigenvalue weighted by atomic mass is 10.0. The van der Waals surface area contributed by atoms with Crippen LogP contribution in [0.15, 0.2) is 0 Å². The molecule has 0 aliphatic carbocycles. The highest BCUT2D eigenvalue weighted by Gasteiger charge is 2.20. The predicted octanol–water partition coefficient (Wildman–Crippen LogP) is 22.2. The van der Waals surface area contributed by atoms with Crippen molar-refractivity contribution < 1.29 is 24.5 Å². The zero-order valence-corrected chi connectivity index (χ0v) is 51.3. The molecule has 0 rings (SSSR count). The van der Waals surface area contributed by atoms with Crippen LogP contribution in [0.5, 0.6) is 0 Å². The lowest BCUT2D eigenvalue weighted by molar-refractivity contribution is -0.143. The van der Waals surface area contributed by atoms with Gasteiger partial charge in [-0.05, 0) is 25.7 Å². The van der Waals surface area contributed by atoms with Gasteiger partial charge in [-0.1, -0.05) is 367 Å². The molecule has 6 heteroatoms. The zero-order chi connectivity index (χ0) is 54.3. The Morgan fingerprint density at radius 3 is 0.813 bits per heavy atom. The van der Waals surface area contributed by atoms with Crippen LogP contribution < -0.4 is 5.32 Å². The summed E-state index contributed by atoms with van der Waals surface area (Å²) in [5.74, 6) is -0.0226. The van der Waals surface area contributed by atoms with Gasteiger partial charge in [-0.15, -0.1) is 0 Å². The number of nitrogens with one attached hydrogen (secondary N) is 1. The van der Waals surface area contributed by atoms with Gasteiger partial charge in [0.2, 0.25) is 5.91 Å². The van der Waals surface area contributed by atoms with Crippen LogP contribution in [-0.2, 0) is 14.3 Å². The lowest BCUT2D eigenvalue weighted by Gasteiger charge is -2.22. The van der Waals surface area contributed by atoms with Crippen LogP contribution in [0, 0.1) is 0 Å². The van der Waals surface area contributed by atoms with Crippen LogP contribution in [0.4, 0.5) is 0 Å². The van der Waals surface area contributed by atoms with Crippen LogP contribution in [0.3, 0.4) is 0 Å². The number of esters is 1. The molecule has 3 N–H and O–H groups in total. The molecule has 0 fully saturated rings. The molecule has 0 aromatic carbocycles. The van der Waals surface area contributed by atoms with Crippen molar-refractivity contribution in [2.45, 2.75) is 418 Å². The SMILES string of the molecule is CCCCCCCCCCCCCCCCCCCCCCCCC(O)C(CO)NC(=O)CCCCCCCCCCCCCCCCCCCOC(=O)CCCCCCCCCCCCCCCCCCCCC. The Morgan fingerprint density at radius 2 is 0.547 bits per heavy atom. The number of carbonyl (C=O) groups excluding carboxylic acids is 2. The molecule has 0 heterocycles. The molecule has 75 heavy (non-hydrogen) atoms. The van der Waals surface area contributed by atoms with Gasteiger partial charge >= 0.3 is 5.97 Å². The molecule has 0 aromatic heterocycles. The number of aliphatic hydroxyl groups excluding tert-OH is 2. The molecule has 1 amide bonds. The number of rotatable bonds is 66. The van der Waals surface area contributed by atoms with Crippen LogP contribution in [0.2, 0.25) is 0 Å². The molecule has 0 aromatic rings. The van der Waals surface area contributed by atoms with E-state index in [9.17, 15) is 19.8 Å². The molecule has 2 atom stereocenters. The summed E-state index contributed by atoms with van der Waals surface area (Å²) in [6.07, 6.45) is 78.5. The van der Waals surface area contributed by atoms with Crippen molar-refractivity contribution in [3.63, 3.8) is 0 Å². The van der Waals surface area contributed by atoms with Gasteiger partial charge in [0.15, 0.2) is 0 Å². The van der Waals surface area contributed by atoms with Crippen LogP contribution in [0.25, 0.3) is 0 Å². The van der Waals surface area contributed by atoms with Crippen molar-refractivity contribution in [3.05, 3.63) is 0 Å². The summed E-state index contributed by atoms with van der Waals surface area (Å²) in [5.41, 5.74) is 0.